The van der Waals surface area contributed by atoms with Crippen molar-refractivity contribution in [3.8, 4) is 0 Å². The van der Waals surface area contributed by atoms with Crippen LogP contribution in [0.3, 0.4) is 0 Å². The Morgan fingerprint density at radius 1 is 1.33 bits per heavy atom. The SMILES string of the molecule is CNC(=O)C1Cn2ccnc2C2(CCN(S(=O)(=O)c3cn(C)cn3)CC2)O1. The average molecular weight is 394 g/mol. The number of hydrogen-bond acceptors (Lipinski definition) is 6. The number of carbonyl (C=O) groups is 1. The fraction of sp³-hybridized carbons (Fsp3) is 0.562. The van der Waals surface area contributed by atoms with Crippen LogP contribution in [0.2, 0.25) is 0 Å². The Hall–Kier alpha value is -2.24. The number of imidazole rings is 2. The Bertz CT molecular complexity index is 957. The second-order valence-electron chi connectivity index (χ2n) is 6.90. The number of rotatable bonds is 3. The van der Waals surface area contributed by atoms with Gasteiger partial charge in [-0.25, -0.2) is 18.4 Å². The maximum atomic E-state index is 12.8. The molecule has 1 atom stereocenters. The number of amides is 1. The Morgan fingerprint density at radius 2 is 2.07 bits per heavy atom. The third-order valence-corrected chi connectivity index (χ3v) is 6.99. The lowest BCUT2D eigenvalue weighted by molar-refractivity contribution is -0.170. The molecular formula is C16H22N6O4S. The highest BCUT2D eigenvalue weighted by Crippen LogP contribution is 2.41. The van der Waals surface area contributed by atoms with Gasteiger partial charge in [0.15, 0.2) is 11.1 Å². The number of ether oxygens (including phenoxy) is 1. The fourth-order valence-corrected chi connectivity index (χ4v) is 5.19. The van der Waals surface area contributed by atoms with E-state index >= 15 is 0 Å². The number of hydrogen-bond donors (Lipinski definition) is 1. The van der Waals surface area contributed by atoms with Gasteiger partial charge in [0.05, 0.1) is 12.9 Å². The molecule has 0 radical (unpaired) electrons. The maximum absolute atomic E-state index is 12.8. The van der Waals surface area contributed by atoms with E-state index in [1.54, 1.807) is 24.9 Å². The van der Waals surface area contributed by atoms with Crippen molar-refractivity contribution in [3.63, 3.8) is 0 Å². The minimum absolute atomic E-state index is 0.0373. The summed E-state index contributed by atoms with van der Waals surface area (Å²) < 4.78 is 36.8. The first kappa shape index (κ1) is 18.1. The molecule has 11 heteroatoms. The van der Waals surface area contributed by atoms with Crippen LogP contribution in [0.25, 0.3) is 0 Å². The van der Waals surface area contributed by atoms with Crippen LogP contribution < -0.4 is 5.32 Å². The van der Waals surface area contributed by atoms with E-state index < -0.39 is 21.7 Å². The van der Waals surface area contributed by atoms with E-state index in [0.29, 0.717) is 19.4 Å². The Kier molecular flexibility index (Phi) is 4.32. The third kappa shape index (κ3) is 2.95. The van der Waals surface area contributed by atoms with Gasteiger partial charge in [-0.1, -0.05) is 0 Å². The van der Waals surface area contributed by atoms with Crippen LogP contribution in [0.1, 0.15) is 18.7 Å². The molecule has 0 aromatic carbocycles. The molecule has 1 saturated heterocycles. The molecule has 2 aromatic rings. The zero-order chi connectivity index (χ0) is 19.2. The fourth-order valence-electron chi connectivity index (χ4n) is 3.78. The second-order valence-corrected chi connectivity index (χ2v) is 8.78. The van der Waals surface area contributed by atoms with Crippen LogP contribution in [0, 0.1) is 0 Å². The summed E-state index contributed by atoms with van der Waals surface area (Å²) in [4.78, 5) is 20.5. The van der Waals surface area contributed by atoms with Crippen molar-refractivity contribution in [2.75, 3.05) is 20.1 Å². The predicted molar refractivity (Wildman–Crippen MR) is 94.0 cm³/mol. The van der Waals surface area contributed by atoms with E-state index in [-0.39, 0.29) is 24.0 Å². The minimum Gasteiger partial charge on any atom is -0.357 e. The monoisotopic (exact) mass is 394 g/mol. The zero-order valence-electron chi connectivity index (χ0n) is 15.2. The van der Waals surface area contributed by atoms with Crippen molar-refractivity contribution < 1.29 is 17.9 Å². The first-order valence-corrected chi connectivity index (χ1v) is 10.2. The molecule has 1 spiro atoms. The number of likely N-dealkylation sites (N-methyl/N-ethyl adjacent to an activating group) is 1. The van der Waals surface area contributed by atoms with Gasteiger partial charge in [-0.05, 0) is 12.8 Å². The van der Waals surface area contributed by atoms with Gasteiger partial charge in [0.1, 0.15) is 11.4 Å². The van der Waals surface area contributed by atoms with E-state index in [1.165, 1.54) is 16.8 Å². The van der Waals surface area contributed by atoms with E-state index in [9.17, 15) is 13.2 Å². The van der Waals surface area contributed by atoms with Crippen molar-refractivity contribution in [2.45, 2.75) is 36.1 Å². The molecule has 2 aliphatic rings. The summed E-state index contributed by atoms with van der Waals surface area (Å²) in [6, 6.07) is 0. The topological polar surface area (TPSA) is 111 Å². The summed E-state index contributed by atoms with van der Waals surface area (Å²) in [6.45, 7) is 0.936. The number of nitrogens with zero attached hydrogens (tertiary/aromatic N) is 5. The van der Waals surface area contributed by atoms with Crippen molar-refractivity contribution >= 4 is 15.9 Å². The highest BCUT2D eigenvalue weighted by Gasteiger charge is 2.48. The normalized spacial score (nSPS) is 22.5. The summed E-state index contributed by atoms with van der Waals surface area (Å²) in [6.07, 6.45) is 6.68. The molecule has 146 valence electrons. The van der Waals surface area contributed by atoms with E-state index in [0.717, 1.165) is 5.82 Å². The largest absolute Gasteiger partial charge is 0.357 e. The van der Waals surface area contributed by atoms with E-state index in [1.807, 2.05) is 10.8 Å². The van der Waals surface area contributed by atoms with E-state index in [2.05, 4.69) is 15.3 Å². The minimum atomic E-state index is -3.66. The molecule has 0 bridgehead atoms. The molecule has 1 amide bonds. The quantitative estimate of drug-likeness (QED) is 0.747. The van der Waals surface area contributed by atoms with Gasteiger partial charge in [-0.3, -0.25) is 4.79 Å². The van der Waals surface area contributed by atoms with Crippen LogP contribution in [0.4, 0.5) is 0 Å². The number of fused-ring (bicyclic) bond motifs is 2. The Balaban J connectivity index is 1.58. The van der Waals surface area contributed by atoms with Crippen LogP contribution in [0.15, 0.2) is 29.9 Å². The molecule has 1 fully saturated rings. The summed E-state index contributed by atoms with van der Waals surface area (Å²) in [7, 11) is -0.354. The molecule has 27 heavy (non-hydrogen) atoms. The molecule has 0 saturated carbocycles. The van der Waals surface area contributed by atoms with Gasteiger partial charge < -0.3 is 19.2 Å². The standard InChI is InChI=1S/C16H22N6O4S/c1-17-14(23)12-9-21-8-5-18-15(21)16(26-12)3-6-22(7-4-16)27(24,25)13-10-20(2)11-19-13/h5,8,10-12H,3-4,6-7,9H2,1-2H3,(H,17,23). The molecule has 2 aliphatic heterocycles. The van der Waals surface area contributed by atoms with Crippen molar-refractivity contribution in [1.82, 2.24) is 28.7 Å². The number of nitrogens with one attached hydrogen (secondary N) is 1. The average Bonchev–Trinajstić information content (AvgIpc) is 3.31. The first-order chi connectivity index (χ1) is 12.9. The van der Waals surface area contributed by atoms with E-state index in [4.69, 9.17) is 4.74 Å². The predicted octanol–water partition coefficient (Wildman–Crippen LogP) is -0.559. The molecule has 4 rings (SSSR count). The molecule has 0 aliphatic carbocycles. The highest BCUT2D eigenvalue weighted by molar-refractivity contribution is 7.89. The molecule has 1 N–H and O–H groups in total. The van der Waals surface area contributed by atoms with Crippen LogP contribution >= 0.6 is 0 Å². The third-order valence-electron chi connectivity index (χ3n) is 5.21. The number of carbonyl (C=O) groups excluding carboxylic acids is 1. The molecule has 10 nitrogen and oxygen atoms in total. The second kappa shape index (κ2) is 6.43. The molecular weight excluding hydrogens is 372 g/mol. The van der Waals surface area contributed by atoms with Crippen LogP contribution in [-0.4, -0.2) is 64.0 Å². The van der Waals surface area contributed by atoms with Gasteiger partial charge >= 0.3 is 0 Å². The number of aryl methyl sites for hydroxylation is 1. The Morgan fingerprint density at radius 3 is 2.70 bits per heavy atom. The smallest absolute Gasteiger partial charge is 0.262 e. The van der Waals surface area contributed by atoms with Crippen molar-refractivity contribution in [2.24, 2.45) is 7.05 Å². The van der Waals surface area contributed by atoms with Gasteiger partial charge in [0.25, 0.3) is 15.9 Å². The van der Waals surface area contributed by atoms with Gasteiger partial charge in [0.2, 0.25) is 0 Å². The lowest BCUT2D eigenvalue weighted by Gasteiger charge is -2.44. The summed E-state index contributed by atoms with van der Waals surface area (Å²) in [5, 5.41) is 2.66. The molecule has 4 heterocycles. The Labute approximate surface area is 157 Å². The van der Waals surface area contributed by atoms with Gasteiger partial charge in [-0.2, -0.15) is 4.31 Å². The van der Waals surface area contributed by atoms with Crippen LogP contribution in [0.5, 0.6) is 0 Å². The highest BCUT2D eigenvalue weighted by atomic mass is 32.2. The zero-order valence-corrected chi connectivity index (χ0v) is 16.0. The maximum Gasteiger partial charge on any atom is 0.262 e. The molecule has 1 unspecified atom stereocenters. The summed E-state index contributed by atoms with van der Waals surface area (Å²) >= 11 is 0. The number of aromatic nitrogens is 4. The lowest BCUT2D eigenvalue weighted by atomic mass is 9.89. The van der Waals surface area contributed by atoms with Crippen molar-refractivity contribution in [3.05, 3.63) is 30.7 Å². The molecule has 2 aromatic heterocycles. The lowest BCUT2D eigenvalue weighted by Crippen LogP contribution is -2.54. The summed E-state index contributed by atoms with van der Waals surface area (Å²) in [5.74, 6) is 0.551. The summed E-state index contributed by atoms with van der Waals surface area (Å²) in [5.41, 5.74) is -0.769. The number of sulfonamides is 1. The van der Waals surface area contributed by atoms with Crippen molar-refractivity contribution in [1.29, 1.82) is 0 Å². The number of piperidine rings is 1. The first-order valence-electron chi connectivity index (χ1n) is 8.75. The van der Waals surface area contributed by atoms with Gasteiger partial charge in [0, 0.05) is 45.8 Å². The van der Waals surface area contributed by atoms with Gasteiger partial charge in [-0.15, -0.1) is 0 Å². The van der Waals surface area contributed by atoms with Crippen LogP contribution in [-0.2, 0) is 38.7 Å².